The highest BCUT2D eigenvalue weighted by Crippen LogP contribution is 2.19. The van der Waals surface area contributed by atoms with E-state index in [1.807, 2.05) is 30.6 Å². The third kappa shape index (κ3) is 4.41. The molecule has 4 rings (SSSR count). The summed E-state index contributed by atoms with van der Waals surface area (Å²) in [5, 5.41) is 4.09. The zero-order valence-corrected chi connectivity index (χ0v) is 15.4. The molecule has 1 atom stereocenters. The number of anilines is 2. The number of hydrogen-bond donors (Lipinski definition) is 1. The molecule has 138 valence electrons. The average Bonchev–Trinajstić information content (AvgIpc) is 3.11. The largest absolute Gasteiger partial charge is 0.378 e. The van der Waals surface area contributed by atoms with Crippen LogP contribution in [0.3, 0.4) is 0 Å². The minimum Gasteiger partial charge on any atom is -0.378 e. The predicted molar refractivity (Wildman–Crippen MR) is 102 cm³/mol. The van der Waals surface area contributed by atoms with Crippen LogP contribution < -0.4 is 10.2 Å². The highest BCUT2D eigenvalue weighted by Gasteiger charge is 2.23. The van der Waals surface area contributed by atoms with Crippen molar-refractivity contribution >= 4 is 23.4 Å². The standard InChI is InChI=1S/C18H23ClN6O/c19-16-2-1-14(11-21-16)12-24-6-4-15(13-24)22-17-3-5-20-18(23-17)25-7-9-26-10-8-25/h1-3,5,11,15H,4,6-10,12-13H2,(H,20,22,23). The summed E-state index contributed by atoms with van der Waals surface area (Å²) in [4.78, 5) is 17.8. The van der Waals surface area contributed by atoms with Crippen molar-refractivity contribution in [1.29, 1.82) is 0 Å². The molecule has 0 radical (unpaired) electrons. The van der Waals surface area contributed by atoms with Crippen molar-refractivity contribution in [3.63, 3.8) is 0 Å². The molecule has 0 spiro atoms. The van der Waals surface area contributed by atoms with Crippen molar-refractivity contribution < 1.29 is 4.74 Å². The summed E-state index contributed by atoms with van der Waals surface area (Å²) in [7, 11) is 0. The summed E-state index contributed by atoms with van der Waals surface area (Å²) in [5.41, 5.74) is 1.19. The molecular formula is C18H23ClN6O. The molecule has 2 fully saturated rings. The molecule has 1 unspecified atom stereocenters. The smallest absolute Gasteiger partial charge is 0.227 e. The van der Waals surface area contributed by atoms with Crippen molar-refractivity contribution in [2.24, 2.45) is 0 Å². The van der Waals surface area contributed by atoms with Crippen molar-refractivity contribution in [1.82, 2.24) is 19.9 Å². The fourth-order valence-corrected chi connectivity index (χ4v) is 3.52. The predicted octanol–water partition coefficient (Wildman–Crippen LogP) is 2.05. The summed E-state index contributed by atoms with van der Waals surface area (Å²) in [6.07, 6.45) is 4.77. The van der Waals surface area contributed by atoms with Crippen LogP contribution in [-0.4, -0.2) is 65.3 Å². The van der Waals surface area contributed by atoms with Crippen molar-refractivity contribution in [2.75, 3.05) is 49.6 Å². The Morgan fingerprint density at radius 1 is 1.15 bits per heavy atom. The van der Waals surface area contributed by atoms with Gasteiger partial charge in [-0.05, 0) is 24.1 Å². The normalized spacial score (nSPS) is 21.1. The number of ether oxygens (including phenoxy) is 1. The zero-order valence-electron chi connectivity index (χ0n) is 14.6. The Morgan fingerprint density at radius 3 is 2.85 bits per heavy atom. The molecule has 8 heteroatoms. The van der Waals surface area contributed by atoms with E-state index in [0.717, 1.165) is 64.1 Å². The number of nitrogens with zero attached hydrogens (tertiary/aromatic N) is 5. The van der Waals surface area contributed by atoms with E-state index in [-0.39, 0.29) is 0 Å². The molecule has 0 aromatic carbocycles. The van der Waals surface area contributed by atoms with Gasteiger partial charge in [0.25, 0.3) is 0 Å². The van der Waals surface area contributed by atoms with Gasteiger partial charge in [0.15, 0.2) is 0 Å². The van der Waals surface area contributed by atoms with E-state index in [1.54, 1.807) is 0 Å². The van der Waals surface area contributed by atoms with Crippen molar-refractivity contribution in [2.45, 2.75) is 19.0 Å². The quantitative estimate of drug-likeness (QED) is 0.803. The van der Waals surface area contributed by atoms with Crippen LogP contribution in [0.2, 0.25) is 5.15 Å². The Hall–Kier alpha value is -1.96. The first-order valence-corrected chi connectivity index (χ1v) is 9.39. The second kappa shape index (κ2) is 8.16. The van der Waals surface area contributed by atoms with Gasteiger partial charge < -0.3 is 15.0 Å². The van der Waals surface area contributed by atoms with Gasteiger partial charge in [0, 0.05) is 51.2 Å². The summed E-state index contributed by atoms with van der Waals surface area (Å²) in [5.74, 6) is 1.67. The Labute approximate surface area is 158 Å². The molecular weight excluding hydrogens is 352 g/mol. The molecule has 2 saturated heterocycles. The lowest BCUT2D eigenvalue weighted by molar-refractivity contribution is 0.122. The van der Waals surface area contributed by atoms with E-state index in [2.05, 4.69) is 30.1 Å². The summed E-state index contributed by atoms with van der Waals surface area (Å²) in [6, 6.07) is 6.21. The number of rotatable bonds is 5. The van der Waals surface area contributed by atoms with Crippen molar-refractivity contribution in [3.8, 4) is 0 Å². The molecule has 0 amide bonds. The highest BCUT2D eigenvalue weighted by atomic mass is 35.5. The highest BCUT2D eigenvalue weighted by molar-refractivity contribution is 6.29. The number of halogens is 1. The van der Waals surface area contributed by atoms with Crippen molar-refractivity contribution in [3.05, 3.63) is 41.3 Å². The van der Waals surface area contributed by atoms with Crippen LogP contribution in [0.4, 0.5) is 11.8 Å². The molecule has 4 heterocycles. The van der Waals surface area contributed by atoms with Gasteiger partial charge in [-0.1, -0.05) is 17.7 Å². The van der Waals surface area contributed by atoms with Crippen LogP contribution in [0.1, 0.15) is 12.0 Å². The van der Waals surface area contributed by atoms with Gasteiger partial charge in [0.05, 0.1) is 13.2 Å². The number of nitrogens with one attached hydrogen (secondary N) is 1. The lowest BCUT2D eigenvalue weighted by Gasteiger charge is -2.27. The third-order valence-electron chi connectivity index (χ3n) is 4.76. The third-order valence-corrected chi connectivity index (χ3v) is 4.98. The van der Waals surface area contributed by atoms with Gasteiger partial charge >= 0.3 is 0 Å². The Balaban J connectivity index is 1.32. The number of pyridine rings is 1. The molecule has 0 aliphatic carbocycles. The Kier molecular flexibility index (Phi) is 5.48. The average molecular weight is 375 g/mol. The monoisotopic (exact) mass is 374 g/mol. The SMILES string of the molecule is Clc1ccc(CN2CCC(Nc3ccnc(N4CCOCC4)n3)C2)cn1. The first kappa shape index (κ1) is 17.5. The first-order chi connectivity index (χ1) is 12.8. The number of hydrogen-bond acceptors (Lipinski definition) is 7. The maximum absolute atomic E-state index is 5.85. The van der Waals surface area contributed by atoms with Crippen LogP contribution in [0.5, 0.6) is 0 Å². The van der Waals surface area contributed by atoms with Crippen LogP contribution in [-0.2, 0) is 11.3 Å². The molecule has 26 heavy (non-hydrogen) atoms. The fourth-order valence-electron chi connectivity index (χ4n) is 3.41. The molecule has 2 aromatic rings. The van der Waals surface area contributed by atoms with Gasteiger partial charge in [0.2, 0.25) is 5.95 Å². The van der Waals surface area contributed by atoms with Crippen LogP contribution in [0.25, 0.3) is 0 Å². The molecule has 0 saturated carbocycles. The molecule has 7 nitrogen and oxygen atoms in total. The van der Waals surface area contributed by atoms with Crippen LogP contribution in [0.15, 0.2) is 30.6 Å². The fraction of sp³-hybridized carbons (Fsp3) is 0.500. The molecule has 2 aliphatic rings. The number of aromatic nitrogens is 3. The van der Waals surface area contributed by atoms with E-state index in [1.165, 1.54) is 5.56 Å². The molecule has 1 N–H and O–H groups in total. The molecule has 2 aliphatic heterocycles. The second-order valence-corrected chi connectivity index (χ2v) is 7.08. The van der Waals surface area contributed by atoms with Gasteiger partial charge in [0.1, 0.15) is 11.0 Å². The lowest BCUT2D eigenvalue weighted by Crippen LogP contribution is -2.37. The van der Waals surface area contributed by atoms with E-state index in [9.17, 15) is 0 Å². The maximum Gasteiger partial charge on any atom is 0.227 e. The van der Waals surface area contributed by atoms with Gasteiger partial charge in [-0.2, -0.15) is 4.98 Å². The molecule has 2 aromatic heterocycles. The zero-order chi connectivity index (χ0) is 17.8. The van der Waals surface area contributed by atoms with Crippen LogP contribution >= 0.6 is 11.6 Å². The van der Waals surface area contributed by atoms with Gasteiger partial charge in [-0.3, -0.25) is 4.90 Å². The summed E-state index contributed by atoms with van der Waals surface area (Å²) in [6.45, 7) is 6.09. The number of morpholine rings is 1. The lowest BCUT2D eigenvalue weighted by atomic mass is 10.2. The Bertz CT molecular complexity index is 722. The van der Waals surface area contributed by atoms with Gasteiger partial charge in [-0.15, -0.1) is 0 Å². The van der Waals surface area contributed by atoms with Crippen LogP contribution in [0, 0.1) is 0 Å². The maximum atomic E-state index is 5.85. The summed E-state index contributed by atoms with van der Waals surface area (Å²) < 4.78 is 5.40. The topological polar surface area (TPSA) is 66.4 Å². The summed E-state index contributed by atoms with van der Waals surface area (Å²) >= 11 is 5.85. The van der Waals surface area contributed by atoms with E-state index in [0.29, 0.717) is 11.2 Å². The van der Waals surface area contributed by atoms with E-state index >= 15 is 0 Å². The Morgan fingerprint density at radius 2 is 2.04 bits per heavy atom. The molecule has 0 bridgehead atoms. The first-order valence-electron chi connectivity index (χ1n) is 9.01. The minimum atomic E-state index is 0.391. The van der Waals surface area contributed by atoms with Gasteiger partial charge in [-0.25, -0.2) is 9.97 Å². The minimum absolute atomic E-state index is 0.391. The van der Waals surface area contributed by atoms with E-state index in [4.69, 9.17) is 16.3 Å². The number of likely N-dealkylation sites (tertiary alicyclic amines) is 1. The second-order valence-electron chi connectivity index (χ2n) is 6.70. The van der Waals surface area contributed by atoms with E-state index < -0.39 is 0 Å².